The van der Waals surface area contributed by atoms with E-state index in [1.165, 1.54) is 6.42 Å². The summed E-state index contributed by atoms with van der Waals surface area (Å²) in [4.78, 5) is 10.2. The molecule has 0 aromatic heterocycles. The van der Waals surface area contributed by atoms with Crippen LogP contribution in [0.2, 0.25) is 0 Å². The highest BCUT2D eigenvalue weighted by atomic mass is 35.5. The summed E-state index contributed by atoms with van der Waals surface area (Å²) >= 11 is 0. The minimum Gasteiger partial charge on any atom is -0.383 e. The molecule has 1 amide bonds. The van der Waals surface area contributed by atoms with Crippen LogP contribution in [-0.4, -0.2) is 29.2 Å². The van der Waals surface area contributed by atoms with E-state index in [9.17, 15) is 4.79 Å². The Kier molecular flexibility index (Phi) is 6.08. The second-order valence-electron chi connectivity index (χ2n) is 3.68. The van der Waals surface area contributed by atoms with Crippen molar-refractivity contribution < 1.29 is 9.90 Å². The number of halogens is 1. The molecule has 14 heavy (non-hydrogen) atoms. The number of carbonyl (C=O) groups is 1. The lowest BCUT2D eigenvalue weighted by atomic mass is 10.1. The van der Waals surface area contributed by atoms with Crippen LogP contribution in [0.3, 0.4) is 0 Å². The molecule has 2 fully saturated rings. The number of rotatable bonds is 4. The van der Waals surface area contributed by atoms with Crippen molar-refractivity contribution in [1.82, 2.24) is 5.32 Å². The highest BCUT2D eigenvalue weighted by molar-refractivity contribution is 5.85. The van der Waals surface area contributed by atoms with Crippen molar-refractivity contribution in [3.8, 4) is 0 Å². The highest BCUT2D eigenvalue weighted by Gasteiger charge is 2.52. The van der Waals surface area contributed by atoms with Crippen molar-refractivity contribution in [2.45, 2.75) is 50.8 Å². The van der Waals surface area contributed by atoms with Gasteiger partial charge >= 0.3 is 0 Å². The molecule has 1 saturated carbocycles. The Hall–Kier alpha value is -0.320. The van der Waals surface area contributed by atoms with Gasteiger partial charge in [-0.1, -0.05) is 19.8 Å². The number of hydrogen-bond donors (Lipinski definition) is 3. The van der Waals surface area contributed by atoms with Crippen LogP contribution in [-0.2, 0) is 4.79 Å². The van der Waals surface area contributed by atoms with Gasteiger partial charge < -0.3 is 16.2 Å². The monoisotopic (exact) mass is 222 g/mol. The van der Waals surface area contributed by atoms with Crippen LogP contribution in [0, 0.1) is 0 Å². The van der Waals surface area contributed by atoms with Crippen molar-refractivity contribution in [3.63, 3.8) is 0 Å². The lowest BCUT2D eigenvalue weighted by Gasteiger charge is -2.02. The summed E-state index contributed by atoms with van der Waals surface area (Å²) in [6.45, 7) is 1.99. The minimum atomic E-state index is -0.940. The Balaban J connectivity index is 0.000000273. The van der Waals surface area contributed by atoms with Gasteiger partial charge in [0.2, 0.25) is 5.91 Å². The fourth-order valence-electron chi connectivity index (χ4n) is 0.930. The van der Waals surface area contributed by atoms with Crippen LogP contribution in [0.4, 0.5) is 0 Å². The molecule has 2 rings (SSSR count). The summed E-state index contributed by atoms with van der Waals surface area (Å²) in [7, 11) is 0. The van der Waals surface area contributed by atoms with Gasteiger partial charge in [-0.05, 0) is 12.8 Å². The molecule has 3 atom stereocenters. The van der Waals surface area contributed by atoms with Crippen molar-refractivity contribution >= 4 is 18.3 Å². The van der Waals surface area contributed by atoms with Crippen LogP contribution in [0.25, 0.3) is 0 Å². The second-order valence-corrected chi connectivity index (χ2v) is 3.68. The molecule has 4 N–H and O–H groups in total. The van der Waals surface area contributed by atoms with Crippen LogP contribution in [0.5, 0.6) is 0 Å². The zero-order valence-electron chi connectivity index (χ0n) is 8.40. The van der Waals surface area contributed by atoms with E-state index in [1.54, 1.807) is 0 Å². The van der Waals surface area contributed by atoms with E-state index in [2.05, 4.69) is 5.32 Å². The predicted octanol–water partition coefficient (Wildman–Crippen LogP) is 0.175. The van der Waals surface area contributed by atoms with Gasteiger partial charge in [-0.3, -0.25) is 4.79 Å². The lowest BCUT2D eigenvalue weighted by molar-refractivity contribution is -0.126. The molecule has 1 aliphatic heterocycles. The third-order valence-electron chi connectivity index (χ3n) is 2.27. The summed E-state index contributed by atoms with van der Waals surface area (Å²) in [5.74, 6) is -0.622. The number of amides is 1. The lowest BCUT2D eigenvalue weighted by Crippen LogP contribution is -2.27. The molecule has 0 aromatic carbocycles. The van der Waals surface area contributed by atoms with Crippen molar-refractivity contribution in [1.29, 1.82) is 0 Å². The standard InChI is InChI=1S/C6H13NO2.C3H5N.ClH/c1-2-3-4-5(8)6(7)9;1-2-3(1)4-2;/h5,8H,2-4H2,1H3,(H2,7,9);2-4H,1H2;1H. The topological polar surface area (TPSA) is 85.3 Å². The molecule has 1 heterocycles. The number of primary amides is 1. The van der Waals surface area contributed by atoms with Crippen molar-refractivity contribution in [2.75, 3.05) is 0 Å². The number of nitrogens with one attached hydrogen (secondary N) is 1. The van der Waals surface area contributed by atoms with Gasteiger partial charge in [0.25, 0.3) is 0 Å². The van der Waals surface area contributed by atoms with E-state index in [0.29, 0.717) is 6.42 Å². The molecule has 3 unspecified atom stereocenters. The van der Waals surface area contributed by atoms with Gasteiger partial charge in [-0.2, -0.15) is 0 Å². The number of carbonyl (C=O) groups excluding carboxylic acids is 1. The smallest absolute Gasteiger partial charge is 0.246 e. The minimum absolute atomic E-state index is 0. The number of aliphatic hydroxyl groups excluding tert-OH is 1. The first kappa shape index (κ1) is 13.7. The van der Waals surface area contributed by atoms with Crippen LogP contribution < -0.4 is 11.1 Å². The van der Waals surface area contributed by atoms with E-state index in [0.717, 1.165) is 24.9 Å². The fourth-order valence-corrected chi connectivity index (χ4v) is 0.930. The first-order chi connectivity index (χ1) is 6.15. The van der Waals surface area contributed by atoms with E-state index < -0.39 is 12.0 Å². The fraction of sp³-hybridized carbons (Fsp3) is 0.889. The largest absolute Gasteiger partial charge is 0.383 e. The Morgan fingerprint density at radius 3 is 2.29 bits per heavy atom. The van der Waals surface area contributed by atoms with Crippen molar-refractivity contribution in [3.05, 3.63) is 0 Å². The SMILES string of the molecule is C1C2NC12.CCCCC(O)C(N)=O.Cl. The van der Waals surface area contributed by atoms with E-state index in [4.69, 9.17) is 10.8 Å². The Morgan fingerprint density at radius 1 is 1.64 bits per heavy atom. The maximum absolute atomic E-state index is 10.2. The predicted molar refractivity (Wildman–Crippen MR) is 57.3 cm³/mol. The third-order valence-corrected chi connectivity index (χ3v) is 2.27. The maximum atomic E-state index is 10.2. The van der Waals surface area contributed by atoms with Crippen LogP contribution in [0.1, 0.15) is 32.6 Å². The van der Waals surface area contributed by atoms with Gasteiger partial charge in [0.15, 0.2) is 0 Å². The third kappa shape index (κ3) is 5.42. The molecular formula is C9H19ClN2O2. The molecule has 0 radical (unpaired) electrons. The molecule has 84 valence electrons. The van der Waals surface area contributed by atoms with E-state index >= 15 is 0 Å². The van der Waals surface area contributed by atoms with Crippen molar-refractivity contribution in [2.24, 2.45) is 5.73 Å². The van der Waals surface area contributed by atoms with Gasteiger partial charge in [-0.25, -0.2) is 0 Å². The van der Waals surface area contributed by atoms with Gasteiger partial charge in [0, 0.05) is 12.1 Å². The maximum Gasteiger partial charge on any atom is 0.246 e. The second kappa shape index (κ2) is 6.22. The number of aliphatic hydroxyl groups is 1. The quantitative estimate of drug-likeness (QED) is 0.593. The van der Waals surface area contributed by atoms with Gasteiger partial charge in [0.05, 0.1) is 0 Å². The molecule has 2 aliphatic rings. The molecule has 0 bridgehead atoms. The number of unbranched alkanes of at least 4 members (excludes halogenated alkanes) is 1. The number of fused-ring (bicyclic) bond motifs is 1. The first-order valence-electron chi connectivity index (χ1n) is 4.88. The van der Waals surface area contributed by atoms with E-state index in [1.807, 2.05) is 6.92 Å². The summed E-state index contributed by atoms with van der Waals surface area (Å²) in [6, 6.07) is 2.00. The van der Waals surface area contributed by atoms with Crippen LogP contribution in [0.15, 0.2) is 0 Å². The Morgan fingerprint density at radius 2 is 2.07 bits per heavy atom. The number of nitrogens with two attached hydrogens (primary N) is 1. The summed E-state index contributed by atoms with van der Waals surface area (Å²) in [5, 5.41) is 12.0. The summed E-state index contributed by atoms with van der Waals surface area (Å²) < 4.78 is 0. The molecule has 1 saturated heterocycles. The first-order valence-corrected chi connectivity index (χ1v) is 4.88. The molecule has 4 nitrogen and oxygen atoms in total. The van der Waals surface area contributed by atoms with Crippen LogP contribution >= 0.6 is 12.4 Å². The Labute approximate surface area is 90.7 Å². The van der Waals surface area contributed by atoms with Gasteiger partial charge in [0.1, 0.15) is 6.10 Å². The zero-order valence-corrected chi connectivity index (χ0v) is 9.22. The molecule has 0 aromatic rings. The Bertz CT molecular complexity index is 178. The normalized spacial score (nSPS) is 27.3. The zero-order chi connectivity index (χ0) is 9.84. The van der Waals surface area contributed by atoms with Gasteiger partial charge in [-0.15, -0.1) is 12.4 Å². The average molecular weight is 223 g/mol. The summed E-state index contributed by atoms with van der Waals surface area (Å²) in [5.41, 5.74) is 4.79. The molecule has 5 heteroatoms. The van der Waals surface area contributed by atoms with E-state index in [-0.39, 0.29) is 12.4 Å². The highest BCUT2D eigenvalue weighted by Crippen LogP contribution is 2.35. The molecule has 1 aliphatic carbocycles. The molecule has 0 spiro atoms. The average Bonchev–Trinajstić information content (AvgIpc) is 2.87. The summed E-state index contributed by atoms with van der Waals surface area (Å²) in [6.07, 6.45) is 2.85. The molecular weight excluding hydrogens is 204 g/mol. The number of hydrogen-bond acceptors (Lipinski definition) is 3.